The second kappa shape index (κ2) is 10.0. The molecule has 0 bridgehead atoms. The summed E-state index contributed by atoms with van der Waals surface area (Å²) >= 11 is 0. The van der Waals surface area contributed by atoms with Gasteiger partial charge in [-0.15, -0.1) is 0 Å². The van der Waals surface area contributed by atoms with Crippen LogP contribution < -0.4 is 0 Å². The maximum Gasteiger partial charge on any atom is 0.416 e. The zero-order valence-corrected chi connectivity index (χ0v) is 18.8. The van der Waals surface area contributed by atoms with Crippen LogP contribution >= 0.6 is 0 Å². The van der Waals surface area contributed by atoms with E-state index in [2.05, 4.69) is 0 Å². The van der Waals surface area contributed by atoms with Crippen molar-refractivity contribution in [2.45, 2.75) is 46.8 Å². The van der Waals surface area contributed by atoms with Crippen molar-refractivity contribution in [3.8, 4) is 0 Å². The summed E-state index contributed by atoms with van der Waals surface area (Å²) in [5.74, 6) is -1.45. The van der Waals surface area contributed by atoms with E-state index >= 15 is 0 Å². The Hall–Kier alpha value is -3.10. The number of hydrogen-bond donors (Lipinski definition) is 0. The van der Waals surface area contributed by atoms with Gasteiger partial charge in [-0.25, -0.2) is 4.79 Å². The van der Waals surface area contributed by atoms with Crippen LogP contribution in [-0.4, -0.2) is 47.3 Å². The number of benzene rings is 1. The average Bonchev–Trinajstić information content (AvgIpc) is 3.01. The molecule has 0 aliphatic carbocycles. The van der Waals surface area contributed by atoms with Crippen molar-refractivity contribution in [2.24, 2.45) is 0 Å². The number of esters is 1. The van der Waals surface area contributed by atoms with Gasteiger partial charge in [0.1, 0.15) is 5.69 Å². The van der Waals surface area contributed by atoms with Crippen LogP contribution in [0.5, 0.6) is 0 Å². The summed E-state index contributed by atoms with van der Waals surface area (Å²) in [6.07, 6.45) is -3.94. The topological polar surface area (TPSA) is 68.6 Å². The summed E-state index contributed by atoms with van der Waals surface area (Å²) < 4.78 is 45.0. The molecule has 0 saturated carbocycles. The number of carbonyl (C=O) groups is 3. The molecule has 2 aromatic rings. The molecule has 9 heteroatoms. The van der Waals surface area contributed by atoms with Gasteiger partial charge in [-0.05, 0) is 57.0 Å². The zero-order valence-electron chi connectivity index (χ0n) is 18.8. The van der Waals surface area contributed by atoms with Gasteiger partial charge < -0.3 is 14.2 Å². The van der Waals surface area contributed by atoms with Crippen molar-refractivity contribution < 1.29 is 32.3 Å². The van der Waals surface area contributed by atoms with Crippen LogP contribution in [-0.2, 0) is 17.5 Å². The number of alkyl halides is 3. The number of hydrogen-bond acceptors (Lipinski definition) is 4. The lowest BCUT2D eigenvalue weighted by molar-refractivity contribution is -0.137. The van der Waals surface area contributed by atoms with Crippen molar-refractivity contribution in [1.29, 1.82) is 0 Å². The minimum Gasteiger partial charge on any atom is -0.464 e. The largest absolute Gasteiger partial charge is 0.464 e. The number of methoxy groups -OCH3 is 1. The molecule has 1 heterocycles. The Morgan fingerprint density at radius 1 is 1.06 bits per heavy atom. The second-order valence-corrected chi connectivity index (χ2v) is 7.39. The Balaban J connectivity index is 2.36. The summed E-state index contributed by atoms with van der Waals surface area (Å²) in [7, 11) is 1.26. The number of ether oxygens (including phenoxy) is 1. The molecule has 0 saturated heterocycles. The molecule has 2 rings (SSSR count). The highest BCUT2D eigenvalue weighted by atomic mass is 19.4. The van der Waals surface area contributed by atoms with Crippen LogP contribution in [0.15, 0.2) is 24.3 Å². The first kappa shape index (κ1) is 25.2. The number of halogens is 3. The predicted octanol–water partition coefficient (Wildman–Crippen LogP) is 4.67. The van der Waals surface area contributed by atoms with Crippen LogP contribution in [0.4, 0.5) is 13.2 Å². The lowest BCUT2D eigenvalue weighted by atomic mass is 10.0. The van der Waals surface area contributed by atoms with E-state index in [1.807, 2.05) is 13.8 Å². The minimum atomic E-state index is -4.50. The van der Waals surface area contributed by atoms with Crippen LogP contribution in [0.25, 0.3) is 0 Å². The molecule has 0 spiro atoms. The summed E-state index contributed by atoms with van der Waals surface area (Å²) in [6.45, 7) is 7.49. The standard InChI is InChI=1S/C23H27F3N2O4/c1-6-12-27(21(30)16-8-10-17(11-9-16)23(24,25)26)13-18(29)19-14(3)20(22(31)32-5)28(7-2)15(19)4/h8-11H,6-7,12-13H2,1-5H3. The number of ketones is 1. The SMILES string of the molecule is CCCN(CC(=O)c1c(C)c(C(=O)OC)n(CC)c1C)C(=O)c1ccc(C(F)(F)F)cc1. The highest BCUT2D eigenvalue weighted by molar-refractivity contribution is 6.06. The van der Waals surface area contributed by atoms with E-state index in [1.54, 1.807) is 18.4 Å². The molecule has 32 heavy (non-hydrogen) atoms. The van der Waals surface area contributed by atoms with E-state index in [1.165, 1.54) is 12.0 Å². The van der Waals surface area contributed by atoms with Crippen molar-refractivity contribution in [2.75, 3.05) is 20.2 Å². The number of Topliss-reactive ketones (excluding diaryl/α,β-unsaturated/α-hetero) is 1. The zero-order chi connectivity index (χ0) is 24.2. The molecule has 0 N–H and O–H groups in total. The van der Waals surface area contributed by atoms with Crippen molar-refractivity contribution >= 4 is 17.7 Å². The summed E-state index contributed by atoms with van der Waals surface area (Å²) in [5.41, 5.74) is 0.901. The third kappa shape index (κ3) is 5.03. The first-order valence-electron chi connectivity index (χ1n) is 10.3. The number of rotatable bonds is 8. The van der Waals surface area contributed by atoms with E-state index in [0.29, 0.717) is 29.8 Å². The molecule has 6 nitrogen and oxygen atoms in total. The monoisotopic (exact) mass is 452 g/mol. The first-order chi connectivity index (χ1) is 15.0. The van der Waals surface area contributed by atoms with E-state index in [-0.39, 0.29) is 30.1 Å². The molecule has 0 atom stereocenters. The Morgan fingerprint density at radius 2 is 1.66 bits per heavy atom. The molecule has 0 aliphatic heterocycles. The lowest BCUT2D eigenvalue weighted by Gasteiger charge is -2.22. The van der Waals surface area contributed by atoms with E-state index < -0.39 is 23.6 Å². The van der Waals surface area contributed by atoms with Gasteiger partial charge in [-0.2, -0.15) is 13.2 Å². The first-order valence-corrected chi connectivity index (χ1v) is 10.3. The third-order valence-corrected chi connectivity index (χ3v) is 5.31. The lowest BCUT2D eigenvalue weighted by Crippen LogP contribution is -2.36. The smallest absolute Gasteiger partial charge is 0.416 e. The number of aromatic nitrogens is 1. The highest BCUT2D eigenvalue weighted by Gasteiger charge is 2.31. The number of amides is 1. The van der Waals surface area contributed by atoms with E-state index in [9.17, 15) is 27.6 Å². The molecule has 0 fully saturated rings. The van der Waals surface area contributed by atoms with Crippen LogP contribution in [0, 0.1) is 13.8 Å². The maximum atomic E-state index is 13.2. The van der Waals surface area contributed by atoms with Gasteiger partial charge in [0.2, 0.25) is 0 Å². The Morgan fingerprint density at radius 3 is 2.12 bits per heavy atom. The Bertz CT molecular complexity index is 1010. The van der Waals surface area contributed by atoms with Crippen molar-refractivity contribution in [1.82, 2.24) is 9.47 Å². The summed E-state index contributed by atoms with van der Waals surface area (Å²) in [6, 6.07) is 3.91. The molecular formula is C23H27F3N2O4. The van der Waals surface area contributed by atoms with Gasteiger partial charge in [0.05, 0.1) is 19.2 Å². The quantitative estimate of drug-likeness (QED) is 0.431. The number of nitrogens with zero attached hydrogens (tertiary/aromatic N) is 2. The molecule has 1 aromatic heterocycles. The molecule has 0 aliphatic rings. The third-order valence-electron chi connectivity index (χ3n) is 5.31. The molecule has 0 unspecified atom stereocenters. The second-order valence-electron chi connectivity index (χ2n) is 7.39. The van der Waals surface area contributed by atoms with Gasteiger partial charge in [0.15, 0.2) is 5.78 Å². The molecule has 174 valence electrons. The fraction of sp³-hybridized carbons (Fsp3) is 0.435. The fourth-order valence-electron chi connectivity index (χ4n) is 3.82. The Kier molecular flexibility index (Phi) is 7.87. The van der Waals surface area contributed by atoms with Crippen LogP contribution in [0.2, 0.25) is 0 Å². The normalized spacial score (nSPS) is 11.4. The highest BCUT2D eigenvalue weighted by Crippen LogP contribution is 2.29. The molecule has 1 amide bonds. The van der Waals surface area contributed by atoms with E-state index in [4.69, 9.17) is 4.74 Å². The van der Waals surface area contributed by atoms with Gasteiger partial charge >= 0.3 is 12.1 Å². The van der Waals surface area contributed by atoms with Crippen LogP contribution in [0.3, 0.4) is 0 Å². The number of carbonyl (C=O) groups excluding carboxylic acids is 3. The average molecular weight is 452 g/mol. The summed E-state index contributed by atoms with van der Waals surface area (Å²) in [5, 5.41) is 0. The van der Waals surface area contributed by atoms with Gasteiger partial charge in [0.25, 0.3) is 5.91 Å². The van der Waals surface area contributed by atoms with Crippen molar-refractivity contribution in [3.05, 3.63) is 57.9 Å². The maximum absolute atomic E-state index is 13.2. The minimum absolute atomic E-state index is 0.0640. The van der Waals surface area contributed by atoms with Crippen molar-refractivity contribution in [3.63, 3.8) is 0 Å². The van der Waals surface area contributed by atoms with Gasteiger partial charge in [-0.3, -0.25) is 9.59 Å². The fourth-order valence-corrected chi connectivity index (χ4v) is 3.82. The molecule has 0 radical (unpaired) electrons. The molecular weight excluding hydrogens is 425 g/mol. The van der Waals surface area contributed by atoms with Gasteiger partial charge in [-0.1, -0.05) is 6.92 Å². The van der Waals surface area contributed by atoms with Gasteiger partial charge in [0, 0.05) is 29.9 Å². The Labute approximate surface area is 185 Å². The molecule has 1 aromatic carbocycles. The van der Waals surface area contributed by atoms with Crippen LogP contribution in [0.1, 0.15) is 68.3 Å². The van der Waals surface area contributed by atoms with E-state index in [0.717, 1.165) is 24.3 Å². The summed E-state index contributed by atoms with van der Waals surface area (Å²) in [4.78, 5) is 39.6. The predicted molar refractivity (Wildman–Crippen MR) is 113 cm³/mol.